The van der Waals surface area contributed by atoms with Crippen LogP contribution in [0.4, 0.5) is 5.82 Å². The number of thioether (sulfide) groups is 1. The van der Waals surface area contributed by atoms with E-state index in [2.05, 4.69) is 28.7 Å². The molecule has 0 unspecified atom stereocenters. The van der Waals surface area contributed by atoms with Crippen molar-refractivity contribution >= 4 is 55.3 Å². The molecule has 5 heterocycles. The minimum atomic E-state index is -0.859. The molecule has 0 saturated carbocycles. The highest BCUT2D eigenvalue weighted by molar-refractivity contribution is 8.00. The Balaban J connectivity index is 1.73. The summed E-state index contributed by atoms with van der Waals surface area (Å²) in [5.74, 6) is 0.107. The second-order valence-corrected chi connectivity index (χ2v) is 10.8. The molecule has 2 aliphatic rings. The summed E-state index contributed by atoms with van der Waals surface area (Å²) >= 11 is 2.79. The van der Waals surface area contributed by atoms with Crippen LogP contribution in [0.3, 0.4) is 0 Å². The third-order valence-corrected chi connectivity index (χ3v) is 8.02. The number of pyridine rings is 1. The SMILES string of the molecule is C[C@H](Sc1ncnc2c1sc1nc(N3CCOCC3)c3c(c12)CC(C)(C)OC3)C(=O)O. The lowest BCUT2D eigenvalue weighted by atomic mass is 9.90. The van der Waals surface area contributed by atoms with Gasteiger partial charge in [0.05, 0.1) is 35.6 Å². The first-order valence-electron chi connectivity index (χ1n) is 10.3. The van der Waals surface area contributed by atoms with E-state index < -0.39 is 11.2 Å². The van der Waals surface area contributed by atoms with Gasteiger partial charge in [0.2, 0.25) is 0 Å². The van der Waals surface area contributed by atoms with Crippen molar-refractivity contribution in [3.8, 4) is 0 Å². The van der Waals surface area contributed by atoms with Gasteiger partial charge in [-0.25, -0.2) is 15.0 Å². The highest BCUT2D eigenvalue weighted by Crippen LogP contribution is 2.44. The van der Waals surface area contributed by atoms with Crippen LogP contribution >= 0.6 is 23.1 Å². The first-order chi connectivity index (χ1) is 14.8. The molecule has 8 nitrogen and oxygen atoms in total. The summed E-state index contributed by atoms with van der Waals surface area (Å²) in [6.45, 7) is 9.38. The number of thiophene rings is 1. The molecule has 1 fully saturated rings. The van der Waals surface area contributed by atoms with E-state index in [0.717, 1.165) is 51.3 Å². The quantitative estimate of drug-likeness (QED) is 0.463. The second-order valence-electron chi connectivity index (χ2n) is 8.45. The average Bonchev–Trinajstić information content (AvgIpc) is 3.13. The number of aliphatic carboxylic acids is 1. The van der Waals surface area contributed by atoms with Gasteiger partial charge >= 0.3 is 5.97 Å². The first-order valence-corrected chi connectivity index (χ1v) is 12.0. The number of carboxylic acid groups (broad SMARTS) is 1. The van der Waals surface area contributed by atoms with E-state index in [1.165, 1.54) is 23.7 Å². The molecular formula is C21H24N4O4S2. The molecule has 3 aromatic heterocycles. The third-order valence-electron chi connectivity index (χ3n) is 5.72. The highest BCUT2D eigenvalue weighted by Gasteiger charge is 2.33. The summed E-state index contributed by atoms with van der Waals surface area (Å²) in [5.41, 5.74) is 2.93. The minimum absolute atomic E-state index is 0.278. The number of rotatable bonds is 4. The molecular weight excluding hydrogens is 436 g/mol. The molecule has 5 rings (SSSR count). The summed E-state index contributed by atoms with van der Waals surface area (Å²) in [7, 11) is 0. The molecule has 0 aliphatic carbocycles. The van der Waals surface area contributed by atoms with Crippen LogP contribution in [-0.4, -0.2) is 63.2 Å². The fraction of sp³-hybridized carbons (Fsp3) is 0.524. The van der Waals surface area contributed by atoms with E-state index in [4.69, 9.17) is 14.5 Å². The Kier molecular flexibility index (Phi) is 5.28. The monoisotopic (exact) mass is 460 g/mol. The molecule has 164 valence electrons. The summed E-state index contributed by atoms with van der Waals surface area (Å²) in [5, 5.41) is 10.5. The number of fused-ring (bicyclic) bond motifs is 5. The molecule has 0 amide bonds. The zero-order valence-electron chi connectivity index (χ0n) is 17.7. The first kappa shape index (κ1) is 20.9. The Morgan fingerprint density at radius 3 is 2.81 bits per heavy atom. The molecule has 0 radical (unpaired) electrons. The van der Waals surface area contributed by atoms with Gasteiger partial charge in [0.1, 0.15) is 27.3 Å². The van der Waals surface area contributed by atoms with Crippen LogP contribution in [0.25, 0.3) is 20.4 Å². The fourth-order valence-electron chi connectivity index (χ4n) is 4.11. The number of hydrogen-bond acceptors (Lipinski definition) is 9. The van der Waals surface area contributed by atoms with Gasteiger partial charge in [0.25, 0.3) is 0 Å². The van der Waals surface area contributed by atoms with Crippen molar-refractivity contribution in [2.75, 3.05) is 31.2 Å². The predicted octanol–water partition coefficient (Wildman–Crippen LogP) is 3.49. The lowest BCUT2D eigenvalue weighted by molar-refractivity contribution is -0.136. The maximum absolute atomic E-state index is 11.4. The standard InChI is InChI=1S/C21H24N4O4S2/c1-11(20(26)27)30-19-16-15(22-10-23-19)14-12-8-21(2,3)29-9-13(12)17(24-18(14)31-16)25-4-6-28-7-5-25/h10-11H,4-9H2,1-3H3,(H,26,27)/t11-/m0/s1. The number of hydrogen-bond donors (Lipinski definition) is 1. The molecule has 0 spiro atoms. The van der Waals surface area contributed by atoms with Crippen molar-refractivity contribution in [3.05, 3.63) is 17.5 Å². The van der Waals surface area contributed by atoms with E-state index >= 15 is 0 Å². The van der Waals surface area contributed by atoms with Gasteiger partial charge in [0.15, 0.2) is 0 Å². The van der Waals surface area contributed by atoms with Gasteiger partial charge in [-0.15, -0.1) is 11.3 Å². The number of ether oxygens (including phenoxy) is 2. The van der Waals surface area contributed by atoms with Crippen LogP contribution in [0.15, 0.2) is 11.4 Å². The lowest BCUT2D eigenvalue weighted by Crippen LogP contribution is -2.39. The number of carbonyl (C=O) groups is 1. The van der Waals surface area contributed by atoms with Crippen molar-refractivity contribution in [1.29, 1.82) is 0 Å². The van der Waals surface area contributed by atoms with Crippen LogP contribution in [0.2, 0.25) is 0 Å². The Morgan fingerprint density at radius 1 is 1.29 bits per heavy atom. The number of anilines is 1. The van der Waals surface area contributed by atoms with Gasteiger partial charge in [-0.2, -0.15) is 0 Å². The lowest BCUT2D eigenvalue weighted by Gasteiger charge is -2.36. The molecule has 3 aromatic rings. The van der Waals surface area contributed by atoms with E-state index in [9.17, 15) is 9.90 Å². The van der Waals surface area contributed by atoms with Crippen molar-refractivity contribution in [3.63, 3.8) is 0 Å². The van der Waals surface area contributed by atoms with E-state index in [1.54, 1.807) is 18.3 Å². The van der Waals surface area contributed by atoms with Gasteiger partial charge in [-0.1, -0.05) is 11.8 Å². The van der Waals surface area contributed by atoms with Gasteiger partial charge in [-0.05, 0) is 26.3 Å². The summed E-state index contributed by atoms with van der Waals surface area (Å²) < 4.78 is 12.6. The van der Waals surface area contributed by atoms with Crippen molar-refractivity contribution in [2.45, 2.75) is 49.7 Å². The molecule has 1 saturated heterocycles. The van der Waals surface area contributed by atoms with Gasteiger partial charge in [0, 0.05) is 30.5 Å². The summed E-state index contributed by atoms with van der Waals surface area (Å²) in [4.78, 5) is 28.7. The number of morpholine rings is 1. The van der Waals surface area contributed by atoms with E-state index in [-0.39, 0.29) is 5.60 Å². The molecule has 10 heteroatoms. The van der Waals surface area contributed by atoms with Crippen molar-refractivity contribution in [2.24, 2.45) is 0 Å². The maximum Gasteiger partial charge on any atom is 0.316 e. The van der Waals surface area contributed by atoms with Crippen molar-refractivity contribution in [1.82, 2.24) is 15.0 Å². The average molecular weight is 461 g/mol. The topological polar surface area (TPSA) is 97.7 Å². The maximum atomic E-state index is 11.4. The summed E-state index contributed by atoms with van der Waals surface area (Å²) in [6.07, 6.45) is 2.29. The van der Waals surface area contributed by atoms with Crippen LogP contribution in [0.1, 0.15) is 31.9 Å². The normalized spacial score (nSPS) is 19.5. The zero-order valence-corrected chi connectivity index (χ0v) is 19.3. The molecule has 0 aromatic carbocycles. The molecule has 31 heavy (non-hydrogen) atoms. The van der Waals surface area contributed by atoms with Crippen molar-refractivity contribution < 1.29 is 19.4 Å². The zero-order chi connectivity index (χ0) is 21.8. The Labute approximate surface area is 188 Å². The smallest absolute Gasteiger partial charge is 0.316 e. The van der Waals surface area contributed by atoms with Gasteiger partial charge < -0.3 is 19.5 Å². The predicted molar refractivity (Wildman–Crippen MR) is 121 cm³/mol. The largest absolute Gasteiger partial charge is 0.480 e. The fourth-order valence-corrected chi connectivity index (χ4v) is 6.16. The Bertz CT molecular complexity index is 1170. The van der Waals surface area contributed by atoms with Crippen LogP contribution < -0.4 is 4.90 Å². The molecule has 1 N–H and O–H groups in total. The minimum Gasteiger partial charge on any atom is -0.480 e. The molecule has 1 atom stereocenters. The summed E-state index contributed by atoms with van der Waals surface area (Å²) in [6, 6.07) is 0. The second kappa shape index (κ2) is 7.84. The Morgan fingerprint density at radius 2 is 2.06 bits per heavy atom. The molecule has 2 aliphatic heterocycles. The van der Waals surface area contributed by atoms with Crippen LogP contribution in [0.5, 0.6) is 0 Å². The van der Waals surface area contributed by atoms with Gasteiger partial charge in [-0.3, -0.25) is 4.79 Å². The highest BCUT2D eigenvalue weighted by atomic mass is 32.2. The number of carboxylic acids is 1. The third kappa shape index (κ3) is 3.75. The van der Waals surface area contributed by atoms with E-state index in [0.29, 0.717) is 24.8 Å². The Hall–Kier alpha value is -2.01. The van der Waals surface area contributed by atoms with Crippen LogP contribution in [-0.2, 0) is 27.3 Å². The molecule has 0 bridgehead atoms. The van der Waals surface area contributed by atoms with Crippen LogP contribution in [0, 0.1) is 0 Å². The number of aromatic nitrogens is 3. The van der Waals surface area contributed by atoms with E-state index in [1.807, 2.05) is 0 Å². The number of nitrogens with zero attached hydrogens (tertiary/aromatic N) is 4.